The first-order chi connectivity index (χ1) is 9.59. The van der Waals surface area contributed by atoms with E-state index in [1.807, 2.05) is 30.3 Å². The lowest BCUT2D eigenvalue weighted by atomic mass is 10.1. The monoisotopic (exact) mass is 277 g/mol. The maximum Gasteiger partial charge on any atom is 0.326 e. The first kappa shape index (κ1) is 14.4. The quantitative estimate of drug-likeness (QED) is 0.890. The Bertz CT molecular complexity index is 474. The average molecular weight is 277 g/mol. The molecule has 0 spiro atoms. The number of hydrogen-bond acceptors (Lipinski definition) is 3. The molecule has 5 nitrogen and oxygen atoms in total. The molecule has 5 heteroatoms. The second-order valence-electron chi connectivity index (χ2n) is 5.05. The van der Waals surface area contributed by atoms with Gasteiger partial charge in [-0.15, -0.1) is 0 Å². The van der Waals surface area contributed by atoms with Crippen LogP contribution in [0.5, 0.6) is 5.75 Å². The second-order valence-corrected chi connectivity index (χ2v) is 5.05. The summed E-state index contributed by atoms with van der Waals surface area (Å²) >= 11 is 0. The summed E-state index contributed by atoms with van der Waals surface area (Å²) in [5, 5.41) is 9.10. The van der Waals surface area contributed by atoms with Crippen LogP contribution >= 0.6 is 0 Å². The highest BCUT2D eigenvalue weighted by atomic mass is 16.5. The smallest absolute Gasteiger partial charge is 0.326 e. The SMILES string of the molecule is CC(COc1ccccc1)C(=O)N1CCC[C@@H]1C(=O)O. The van der Waals surface area contributed by atoms with Crippen LogP contribution in [0.25, 0.3) is 0 Å². The molecule has 1 aliphatic rings. The second kappa shape index (κ2) is 6.41. The molecule has 0 bridgehead atoms. The van der Waals surface area contributed by atoms with E-state index in [1.54, 1.807) is 6.92 Å². The third-order valence-electron chi connectivity index (χ3n) is 3.49. The first-order valence-corrected chi connectivity index (χ1v) is 6.80. The summed E-state index contributed by atoms with van der Waals surface area (Å²) in [6.45, 7) is 2.54. The highest BCUT2D eigenvalue weighted by Crippen LogP contribution is 2.20. The van der Waals surface area contributed by atoms with Gasteiger partial charge in [0.15, 0.2) is 0 Å². The first-order valence-electron chi connectivity index (χ1n) is 6.80. The maximum absolute atomic E-state index is 12.3. The molecule has 1 heterocycles. The van der Waals surface area contributed by atoms with E-state index >= 15 is 0 Å². The van der Waals surface area contributed by atoms with Crippen LogP contribution in [-0.2, 0) is 9.59 Å². The number of ether oxygens (including phenoxy) is 1. The molecule has 1 unspecified atom stereocenters. The van der Waals surface area contributed by atoms with Crippen LogP contribution < -0.4 is 4.74 Å². The normalized spacial score (nSPS) is 19.6. The summed E-state index contributed by atoms with van der Waals surface area (Å²) in [6, 6.07) is 8.59. The molecular weight excluding hydrogens is 258 g/mol. The highest BCUT2D eigenvalue weighted by molar-refractivity contribution is 5.85. The van der Waals surface area contributed by atoms with Gasteiger partial charge in [0.25, 0.3) is 0 Å². The van der Waals surface area contributed by atoms with Gasteiger partial charge >= 0.3 is 5.97 Å². The van der Waals surface area contributed by atoms with Gasteiger partial charge in [-0.2, -0.15) is 0 Å². The molecule has 1 N–H and O–H groups in total. The van der Waals surface area contributed by atoms with Crippen molar-refractivity contribution in [2.45, 2.75) is 25.8 Å². The Morgan fingerprint density at radius 3 is 2.75 bits per heavy atom. The van der Waals surface area contributed by atoms with Crippen molar-refractivity contribution >= 4 is 11.9 Å². The van der Waals surface area contributed by atoms with E-state index in [0.29, 0.717) is 18.7 Å². The van der Waals surface area contributed by atoms with E-state index in [9.17, 15) is 9.59 Å². The molecule has 1 aliphatic heterocycles. The molecule has 1 aromatic rings. The fourth-order valence-electron chi connectivity index (χ4n) is 2.38. The zero-order valence-corrected chi connectivity index (χ0v) is 11.5. The third kappa shape index (κ3) is 3.29. The average Bonchev–Trinajstić information content (AvgIpc) is 2.94. The van der Waals surface area contributed by atoms with Crippen LogP contribution in [0.3, 0.4) is 0 Å². The van der Waals surface area contributed by atoms with Crippen LogP contribution in [-0.4, -0.2) is 41.1 Å². The van der Waals surface area contributed by atoms with E-state index < -0.39 is 12.0 Å². The minimum absolute atomic E-state index is 0.147. The predicted octanol–water partition coefficient (Wildman–Crippen LogP) is 1.78. The Morgan fingerprint density at radius 2 is 2.10 bits per heavy atom. The van der Waals surface area contributed by atoms with Crippen molar-refractivity contribution in [2.75, 3.05) is 13.2 Å². The van der Waals surface area contributed by atoms with Gasteiger partial charge in [0.2, 0.25) is 5.91 Å². The summed E-state index contributed by atoms with van der Waals surface area (Å²) in [4.78, 5) is 24.8. The van der Waals surface area contributed by atoms with Crippen molar-refractivity contribution in [3.05, 3.63) is 30.3 Å². The fourth-order valence-corrected chi connectivity index (χ4v) is 2.38. The number of amides is 1. The summed E-state index contributed by atoms with van der Waals surface area (Å²) in [5.41, 5.74) is 0. The lowest BCUT2D eigenvalue weighted by molar-refractivity contribution is -0.150. The van der Waals surface area contributed by atoms with Gasteiger partial charge < -0.3 is 14.7 Å². The van der Waals surface area contributed by atoms with Crippen LogP contribution in [0.1, 0.15) is 19.8 Å². The largest absolute Gasteiger partial charge is 0.493 e. The molecule has 0 radical (unpaired) electrons. The zero-order chi connectivity index (χ0) is 14.5. The van der Waals surface area contributed by atoms with Crippen LogP contribution in [0.4, 0.5) is 0 Å². The Hall–Kier alpha value is -2.04. The molecular formula is C15H19NO4. The van der Waals surface area contributed by atoms with Gasteiger partial charge in [-0.3, -0.25) is 4.79 Å². The molecule has 1 aromatic carbocycles. The maximum atomic E-state index is 12.3. The number of nitrogens with zero attached hydrogens (tertiary/aromatic N) is 1. The van der Waals surface area contributed by atoms with Crippen molar-refractivity contribution in [1.29, 1.82) is 0 Å². The Morgan fingerprint density at radius 1 is 1.40 bits per heavy atom. The third-order valence-corrected chi connectivity index (χ3v) is 3.49. The molecule has 1 saturated heterocycles. The minimum atomic E-state index is -0.924. The molecule has 0 aliphatic carbocycles. The van der Waals surface area contributed by atoms with Gasteiger partial charge in [-0.05, 0) is 25.0 Å². The molecule has 2 atom stereocenters. The lowest BCUT2D eigenvalue weighted by Crippen LogP contribution is -2.44. The fraction of sp³-hybridized carbons (Fsp3) is 0.467. The van der Waals surface area contributed by atoms with E-state index in [1.165, 1.54) is 4.90 Å². The van der Waals surface area contributed by atoms with Crippen LogP contribution in [0, 0.1) is 5.92 Å². The van der Waals surface area contributed by atoms with Gasteiger partial charge in [0.1, 0.15) is 11.8 Å². The topological polar surface area (TPSA) is 66.8 Å². The number of likely N-dealkylation sites (tertiary alicyclic amines) is 1. The van der Waals surface area contributed by atoms with Gasteiger partial charge in [-0.1, -0.05) is 25.1 Å². The molecule has 108 valence electrons. The predicted molar refractivity (Wildman–Crippen MR) is 73.5 cm³/mol. The minimum Gasteiger partial charge on any atom is -0.493 e. The van der Waals surface area contributed by atoms with Gasteiger partial charge in [0.05, 0.1) is 12.5 Å². The van der Waals surface area contributed by atoms with Crippen molar-refractivity contribution in [1.82, 2.24) is 4.90 Å². The highest BCUT2D eigenvalue weighted by Gasteiger charge is 2.35. The Balaban J connectivity index is 1.90. The summed E-state index contributed by atoms with van der Waals surface area (Å²) in [6.07, 6.45) is 1.28. The zero-order valence-electron chi connectivity index (χ0n) is 11.5. The van der Waals surface area contributed by atoms with Crippen molar-refractivity contribution in [3.63, 3.8) is 0 Å². The van der Waals surface area contributed by atoms with E-state index in [4.69, 9.17) is 9.84 Å². The standard InChI is InChI=1S/C15H19NO4/c1-11(10-20-12-6-3-2-4-7-12)14(17)16-9-5-8-13(16)15(18)19/h2-4,6-7,11,13H,5,8-10H2,1H3,(H,18,19)/t11?,13-/m1/s1. The van der Waals surface area contributed by atoms with Gasteiger partial charge in [-0.25, -0.2) is 4.79 Å². The number of hydrogen-bond donors (Lipinski definition) is 1. The number of carbonyl (C=O) groups is 2. The molecule has 20 heavy (non-hydrogen) atoms. The summed E-state index contributed by atoms with van der Waals surface area (Å²) < 4.78 is 5.55. The number of carbonyl (C=O) groups excluding carboxylic acids is 1. The van der Waals surface area contributed by atoms with Crippen molar-refractivity contribution in [2.24, 2.45) is 5.92 Å². The number of carboxylic acids is 1. The number of rotatable bonds is 5. The Labute approximate surface area is 118 Å². The molecule has 0 saturated carbocycles. The number of para-hydroxylation sites is 1. The van der Waals surface area contributed by atoms with E-state index in [-0.39, 0.29) is 18.4 Å². The van der Waals surface area contributed by atoms with Crippen LogP contribution in [0.15, 0.2) is 30.3 Å². The number of benzene rings is 1. The van der Waals surface area contributed by atoms with Crippen LogP contribution in [0.2, 0.25) is 0 Å². The van der Waals surface area contributed by atoms with Gasteiger partial charge in [0, 0.05) is 6.54 Å². The van der Waals surface area contributed by atoms with Crippen molar-refractivity contribution in [3.8, 4) is 5.75 Å². The molecule has 1 amide bonds. The lowest BCUT2D eigenvalue weighted by Gasteiger charge is -2.24. The number of aliphatic carboxylic acids is 1. The van der Waals surface area contributed by atoms with E-state index in [0.717, 1.165) is 6.42 Å². The molecule has 0 aromatic heterocycles. The molecule has 2 rings (SSSR count). The van der Waals surface area contributed by atoms with E-state index in [2.05, 4.69) is 0 Å². The summed E-state index contributed by atoms with van der Waals surface area (Å²) in [7, 11) is 0. The number of carboxylic acid groups (broad SMARTS) is 1. The summed E-state index contributed by atoms with van der Waals surface area (Å²) in [5.74, 6) is -0.712. The molecule has 1 fully saturated rings. The van der Waals surface area contributed by atoms with Crippen molar-refractivity contribution < 1.29 is 19.4 Å². The Kier molecular flexibility index (Phi) is 4.61.